The van der Waals surface area contributed by atoms with Gasteiger partial charge in [0.2, 0.25) is 10.0 Å². The molecule has 0 saturated carbocycles. The SMILES string of the molecule is Cc1cc(S(=O)(=O)N2CCCCC2)ccc1OCC(=O)Nc1ccc(F)c(Cl)c1. The van der Waals surface area contributed by atoms with Gasteiger partial charge in [0, 0.05) is 18.8 Å². The average Bonchev–Trinajstić information content (AvgIpc) is 2.70. The predicted molar refractivity (Wildman–Crippen MR) is 109 cm³/mol. The lowest BCUT2D eigenvalue weighted by atomic mass is 10.2. The third kappa shape index (κ3) is 5.26. The van der Waals surface area contributed by atoms with Crippen LogP contribution in [0.2, 0.25) is 5.02 Å². The standard InChI is InChI=1S/C20H22ClFN2O4S/c1-14-11-16(29(26,27)24-9-3-2-4-10-24)6-8-19(14)28-13-20(25)23-15-5-7-18(22)17(21)12-15/h5-8,11-12H,2-4,9-10,13H2,1H3,(H,23,25). The van der Waals surface area contributed by atoms with E-state index in [1.807, 2.05) is 0 Å². The number of piperidine rings is 1. The van der Waals surface area contributed by atoms with Crippen molar-refractivity contribution in [1.82, 2.24) is 4.31 Å². The molecule has 3 rings (SSSR count). The van der Waals surface area contributed by atoms with E-state index in [1.165, 1.54) is 22.5 Å². The number of benzene rings is 2. The van der Waals surface area contributed by atoms with Gasteiger partial charge in [-0.05, 0) is 61.7 Å². The molecule has 1 saturated heterocycles. The number of sulfonamides is 1. The Morgan fingerprint density at radius 3 is 2.55 bits per heavy atom. The molecule has 0 spiro atoms. The number of ether oxygens (including phenoxy) is 1. The first-order chi connectivity index (χ1) is 13.8. The van der Waals surface area contributed by atoms with Crippen LogP contribution >= 0.6 is 11.6 Å². The van der Waals surface area contributed by atoms with E-state index < -0.39 is 21.7 Å². The van der Waals surface area contributed by atoms with Gasteiger partial charge >= 0.3 is 0 Å². The van der Waals surface area contributed by atoms with Crippen LogP contribution < -0.4 is 10.1 Å². The number of nitrogens with zero attached hydrogens (tertiary/aromatic N) is 1. The molecule has 6 nitrogen and oxygen atoms in total. The van der Waals surface area contributed by atoms with Gasteiger partial charge in [-0.3, -0.25) is 4.79 Å². The van der Waals surface area contributed by atoms with Gasteiger partial charge in [-0.25, -0.2) is 12.8 Å². The minimum atomic E-state index is -3.53. The summed E-state index contributed by atoms with van der Waals surface area (Å²) in [7, 11) is -3.53. The van der Waals surface area contributed by atoms with Gasteiger partial charge in [-0.15, -0.1) is 0 Å². The molecule has 9 heteroatoms. The number of anilines is 1. The number of hydrogen-bond acceptors (Lipinski definition) is 4. The molecule has 1 fully saturated rings. The van der Waals surface area contributed by atoms with E-state index in [9.17, 15) is 17.6 Å². The van der Waals surface area contributed by atoms with Crippen LogP contribution in [0.3, 0.4) is 0 Å². The second-order valence-electron chi connectivity index (χ2n) is 6.86. The molecule has 1 heterocycles. The van der Waals surface area contributed by atoms with E-state index in [0.29, 0.717) is 30.1 Å². The van der Waals surface area contributed by atoms with E-state index in [-0.39, 0.29) is 16.5 Å². The largest absolute Gasteiger partial charge is 0.483 e. The molecule has 29 heavy (non-hydrogen) atoms. The average molecular weight is 441 g/mol. The molecule has 0 bridgehead atoms. The lowest BCUT2D eigenvalue weighted by Crippen LogP contribution is -2.35. The highest BCUT2D eigenvalue weighted by atomic mass is 35.5. The van der Waals surface area contributed by atoms with Gasteiger partial charge in [0.15, 0.2) is 6.61 Å². The van der Waals surface area contributed by atoms with Crippen LogP contribution in [0.4, 0.5) is 10.1 Å². The number of halogens is 2. The summed E-state index contributed by atoms with van der Waals surface area (Å²) in [6.45, 7) is 2.51. The summed E-state index contributed by atoms with van der Waals surface area (Å²) in [4.78, 5) is 12.3. The monoisotopic (exact) mass is 440 g/mol. The maximum Gasteiger partial charge on any atom is 0.262 e. The summed E-state index contributed by atoms with van der Waals surface area (Å²) in [5.74, 6) is -0.608. The zero-order chi connectivity index (χ0) is 21.0. The molecule has 1 amide bonds. The van der Waals surface area contributed by atoms with Gasteiger partial charge in [-0.2, -0.15) is 4.31 Å². The van der Waals surface area contributed by atoms with Crippen molar-refractivity contribution in [2.75, 3.05) is 25.0 Å². The summed E-state index contributed by atoms with van der Waals surface area (Å²) in [5, 5.41) is 2.47. The third-order valence-electron chi connectivity index (χ3n) is 4.66. The molecule has 0 radical (unpaired) electrons. The minimum Gasteiger partial charge on any atom is -0.483 e. The Balaban J connectivity index is 1.63. The Morgan fingerprint density at radius 1 is 1.17 bits per heavy atom. The third-order valence-corrected chi connectivity index (χ3v) is 6.85. The summed E-state index contributed by atoms with van der Waals surface area (Å²) in [6.07, 6.45) is 2.78. The Hall–Kier alpha value is -2.16. The molecule has 0 unspecified atom stereocenters. The first kappa shape index (κ1) is 21.5. The highest BCUT2D eigenvalue weighted by Gasteiger charge is 2.26. The molecule has 1 aliphatic rings. The number of nitrogens with one attached hydrogen (secondary N) is 1. The number of carbonyl (C=O) groups is 1. The van der Waals surface area contributed by atoms with Crippen LogP contribution in [0.15, 0.2) is 41.3 Å². The van der Waals surface area contributed by atoms with Crippen LogP contribution in [0, 0.1) is 12.7 Å². The maximum absolute atomic E-state index is 13.2. The maximum atomic E-state index is 13.2. The second-order valence-corrected chi connectivity index (χ2v) is 9.20. The van der Waals surface area contributed by atoms with E-state index >= 15 is 0 Å². The predicted octanol–water partition coefficient (Wildman–Crippen LogP) is 3.98. The van der Waals surface area contributed by atoms with Crippen molar-refractivity contribution < 1.29 is 22.3 Å². The van der Waals surface area contributed by atoms with Crippen LogP contribution in [-0.2, 0) is 14.8 Å². The Labute approximate surface area is 174 Å². The molecule has 0 aromatic heterocycles. The number of rotatable bonds is 6. The fourth-order valence-electron chi connectivity index (χ4n) is 3.11. The van der Waals surface area contributed by atoms with Gasteiger partial charge in [-0.1, -0.05) is 18.0 Å². The molecule has 2 aromatic carbocycles. The number of aryl methyl sites for hydroxylation is 1. The highest BCUT2D eigenvalue weighted by molar-refractivity contribution is 7.89. The van der Waals surface area contributed by atoms with Crippen molar-refractivity contribution in [3.63, 3.8) is 0 Å². The Bertz CT molecular complexity index is 1010. The molecule has 1 N–H and O–H groups in total. The zero-order valence-electron chi connectivity index (χ0n) is 16.0. The lowest BCUT2D eigenvalue weighted by molar-refractivity contribution is -0.118. The number of carbonyl (C=O) groups excluding carboxylic acids is 1. The molecule has 0 aliphatic carbocycles. The lowest BCUT2D eigenvalue weighted by Gasteiger charge is -2.26. The van der Waals surface area contributed by atoms with Gasteiger partial charge in [0.1, 0.15) is 11.6 Å². The molecular weight excluding hydrogens is 419 g/mol. The summed E-state index contributed by atoms with van der Waals surface area (Å²) in [6, 6.07) is 8.45. The first-order valence-corrected chi connectivity index (χ1v) is 11.1. The molecule has 2 aromatic rings. The van der Waals surface area contributed by atoms with Crippen molar-refractivity contribution in [2.45, 2.75) is 31.1 Å². The molecule has 1 aliphatic heterocycles. The van der Waals surface area contributed by atoms with Crippen LogP contribution in [-0.4, -0.2) is 38.3 Å². The summed E-state index contributed by atoms with van der Waals surface area (Å²) >= 11 is 5.69. The van der Waals surface area contributed by atoms with Crippen molar-refractivity contribution >= 4 is 33.2 Å². The molecule has 0 atom stereocenters. The van der Waals surface area contributed by atoms with Crippen LogP contribution in [0.25, 0.3) is 0 Å². The van der Waals surface area contributed by atoms with E-state index in [4.69, 9.17) is 16.3 Å². The summed E-state index contributed by atoms with van der Waals surface area (Å²) in [5.41, 5.74) is 0.963. The van der Waals surface area contributed by atoms with Crippen molar-refractivity contribution in [3.05, 3.63) is 52.8 Å². The molecule has 156 valence electrons. The van der Waals surface area contributed by atoms with Crippen molar-refractivity contribution in [3.8, 4) is 5.75 Å². The van der Waals surface area contributed by atoms with E-state index in [0.717, 1.165) is 25.3 Å². The van der Waals surface area contributed by atoms with E-state index in [1.54, 1.807) is 19.1 Å². The fraction of sp³-hybridized carbons (Fsp3) is 0.350. The Morgan fingerprint density at radius 2 is 1.90 bits per heavy atom. The highest BCUT2D eigenvalue weighted by Crippen LogP contribution is 2.26. The Kier molecular flexibility index (Phi) is 6.77. The zero-order valence-corrected chi connectivity index (χ0v) is 17.5. The smallest absolute Gasteiger partial charge is 0.262 e. The van der Waals surface area contributed by atoms with Crippen LogP contribution in [0.5, 0.6) is 5.75 Å². The van der Waals surface area contributed by atoms with Gasteiger partial charge in [0.05, 0.1) is 9.92 Å². The summed E-state index contributed by atoms with van der Waals surface area (Å²) < 4.78 is 45.7. The fourth-order valence-corrected chi connectivity index (χ4v) is 4.90. The second kappa shape index (κ2) is 9.11. The van der Waals surface area contributed by atoms with Gasteiger partial charge < -0.3 is 10.1 Å². The quantitative estimate of drug-likeness (QED) is 0.737. The van der Waals surface area contributed by atoms with Crippen LogP contribution in [0.1, 0.15) is 24.8 Å². The molecular formula is C20H22ClFN2O4S. The van der Waals surface area contributed by atoms with Gasteiger partial charge in [0.25, 0.3) is 5.91 Å². The number of amides is 1. The van der Waals surface area contributed by atoms with E-state index in [2.05, 4.69) is 5.32 Å². The minimum absolute atomic E-state index is 0.0925. The topological polar surface area (TPSA) is 75.7 Å². The normalized spacial score (nSPS) is 15.1. The number of hydrogen-bond donors (Lipinski definition) is 1. The van der Waals surface area contributed by atoms with Crippen molar-refractivity contribution in [1.29, 1.82) is 0 Å². The first-order valence-electron chi connectivity index (χ1n) is 9.26. The van der Waals surface area contributed by atoms with Crippen molar-refractivity contribution in [2.24, 2.45) is 0 Å².